The molecule has 3 nitrogen and oxygen atoms in total. The van der Waals surface area contributed by atoms with E-state index < -0.39 is 0 Å². The molecule has 0 saturated carbocycles. The van der Waals surface area contributed by atoms with Crippen LogP contribution < -0.4 is 5.32 Å². The normalized spacial score (nSPS) is 10.5. The van der Waals surface area contributed by atoms with E-state index in [1.54, 1.807) is 0 Å². The Bertz CT molecular complexity index is 467. The van der Waals surface area contributed by atoms with Crippen molar-refractivity contribution < 1.29 is 0 Å². The molecular weight excluding hydrogens is 298 g/mol. The SMILES string of the molecule is CCCNc1nc(Cc2ccc(Br)cc2)ns1. The van der Waals surface area contributed by atoms with Crippen LogP contribution in [0.4, 0.5) is 5.13 Å². The quantitative estimate of drug-likeness (QED) is 0.914. The van der Waals surface area contributed by atoms with Gasteiger partial charge in [0.1, 0.15) is 5.82 Å². The fourth-order valence-corrected chi connectivity index (χ4v) is 2.29. The fourth-order valence-electron chi connectivity index (χ4n) is 1.41. The van der Waals surface area contributed by atoms with Gasteiger partial charge < -0.3 is 5.32 Å². The van der Waals surface area contributed by atoms with Gasteiger partial charge in [-0.25, -0.2) is 4.98 Å². The zero-order valence-corrected chi connectivity index (χ0v) is 12.0. The highest BCUT2D eigenvalue weighted by Gasteiger charge is 2.04. The maximum absolute atomic E-state index is 4.45. The molecule has 2 aromatic rings. The van der Waals surface area contributed by atoms with E-state index in [0.29, 0.717) is 0 Å². The largest absolute Gasteiger partial charge is 0.360 e. The molecular formula is C12H14BrN3S. The van der Waals surface area contributed by atoms with Gasteiger partial charge in [0.05, 0.1) is 0 Å². The Labute approximate surface area is 114 Å². The van der Waals surface area contributed by atoms with Crippen LogP contribution in [-0.4, -0.2) is 15.9 Å². The first kappa shape index (κ1) is 12.5. The van der Waals surface area contributed by atoms with Crippen molar-refractivity contribution in [3.05, 3.63) is 40.1 Å². The third-order valence-electron chi connectivity index (χ3n) is 2.27. The van der Waals surface area contributed by atoms with Crippen LogP contribution in [0.3, 0.4) is 0 Å². The van der Waals surface area contributed by atoms with E-state index in [1.807, 2.05) is 12.1 Å². The molecule has 0 atom stereocenters. The molecule has 0 radical (unpaired) electrons. The van der Waals surface area contributed by atoms with Gasteiger partial charge in [0.15, 0.2) is 0 Å². The molecule has 17 heavy (non-hydrogen) atoms. The summed E-state index contributed by atoms with van der Waals surface area (Å²) in [4.78, 5) is 4.45. The van der Waals surface area contributed by atoms with Crippen molar-refractivity contribution in [2.24, 2.45) is 0 Å². The van der Waals surface area contributed by atoms with E-state index in [0.717, 1.165) is 34.8 Å². The molecule has 1 heterocycles. The Hall–Kier alpha value is -0.940. The summed E-state index contributed by atoms with van der Waals surface area (Å²) < 4.78 is 5.44. The van der Waals surface area contributed by atoms with E-state index in [-0.39, 0.29) is 0 Å². The number of rotatable bonds is 5. The predicted molar refractivity (Wildman–Crippen MR) is 75.6 cm³/mol. The Balaban J connectivity index is 1.98. The summed E-state index contributed by atoms with van der Waals surface area (Å²) in [5.74, 6) is 0.885. The van der Waals surface area contributed by atoms with E-state index in [2.05, 4.69) is 49.7 Å². The first-order chi connectivity index (χ1) is 8.28. The van der Waals surface area contributed by atoms with Crippen molar-refractivity contribution in [2.75, 3.05) is 11.9 Å². The molecule has 1 aromatic carbocycles. The Morgan fingerprint density at radius 2 is 2.06 bits per heavy atom. The Kier molecular flexibility index (Phi) is 4.50. The van der Waals surface area contributed by atoms with Crippen LogP contribution in [0.15, 0.2) is 28.7 Å². The lowest BCUT2D eigenvalue weighted by molar-refractivity contribution is 0.966. The zero-order valence-electron chi connectivity index (χ0n) is 9.61. The van der Waals surface area contributed by atoms with Gasteiger partial charge in [0.25, 0.3) is 0 Å². The second kappa shape index (κ2) is 6.12. The number of hydrogen-bond acceptors (Lipinski definition) is 4. The van der Waals surface area contributed by atoms with Gasteiger partial charge >= 0.3 is 0 Å². The molecule has 0 aliphatic heterocycles. The van der Waals surface area contributed by atoms with Gasteiger partial charge in [-0.2, -0.15) is 4.37 Å². The second-order valence-corrected chi connectivity index (χ2v) is 5.41. The third-order valence-corrected chi connectivity index (χ3v) is 3.51. The van der Waals surface area contributed by atoms with Crippen molar-refractivity contribution >= 4 is 32.6 Å². The zero-order chi connectivity index (χ0) is 12.1. The van der Waals surface area contributed by atoms with Crippen LogP contribution in [0, 0.1) is 0 Å². The molecule has 0 amide bonds. The lowest BCUT2D eigenvalue weighted by atomic mass is 10.1. The minimum Gasteiger partial charge on any atom is -0.360 e. The number of halogens is 1. The molecule has 90 valence electrons. The fraction of sp³-hybridized carbons (Fsp3) is 0.333. The van der Waals surface area contributed by atoms with E-state index in [1.165, 1.54) is 17.1 Å². The van der Waals surface area contributed by atoms with Crippen molar-refractivity contribution in [2.45, 2.75) is 19.8 Å². The molecule has 0 fully saturated rings. The monoisotopic (exact) mass is 311 g/mol. The first-order valence-electron chi connectivity index (χ1n) is 5.59. The molecule has 1 aromatic heterocycles. The summed E-state index contributed by atoms with van der Waals surface area (Å²) in [5.41, 5.74) is 1.23. The first-order valence-corrected chi connectivity index (χ1v) is 7.15. The summed E-state index contributed by atoms with van der Waals surface area (Å²) in [6, 6.07) is 8.25. The molecule has 0 saturated heterocycles. The highest BCUT2D eigenvalue weighted by molar-refractivity contribution is 9.10. The summed E-state index contributed by atoms with van der Waals surface area (Å²) in [6.45, 7) is 3.09. The van der Waals surface area contributed by atoms with Crippen LogP contribution in [0.25, 0.3) is 0 Å². The lowest BCUT2D eigenvalue weighted by Gasteiger charge is -1.98. The Morgan fingerprint density at radius 3 is 2.76 bits per heavy atom. The molecule has 5 heteroatoms. The predicted octanol–water partition coefficient (Wildman–Crippen LogP) is 3.71. The highest BCUT2D eigenvalue weighted by Crippen LogP contribution is 2.16. The van der Waals surface area contributed by atoms with Crippen molar-refractivity contribution in [3.63, 3.8) is 0 Å². The minimum atomic E-state index is 0.789. The number of anilines is 1. The lowest BCUT2D eigenvalue weighted by Crippen LogP contribution is -1.99. The van der Waals surface area contributed by atoms with Gasteiger partial charge in [0, 0.05) is 29.0 Å². The molecule has 0 unspecified atom stereocenters. The molecule has 2 rings (SSSR count). The van der Waals surface area contributed by atoms with Gasteiger partial charge in [-0.15, -0.1) is 0 Å². The maximum atomic E-state index is 4.45. The summed E-state index contributed by atoms with van der Waals surface area (Å²) in [6.07, 6.45) is 1.89. The smallest absolute Gasteiger partial charge is 0.202 e. The van der Waals surface area contributed by atoms with Crippen LogP contribution in [0.5, 0.6) is 0 Å². The number of aromatic nitrogens is 2. The summed E-state index contributed by atoms with van der Waals surface area (Å²) in [7, 11) is 0. The summed E-state index contributed by atoms with van der Waals surface area (Å²) in [5, 5.41) is 4.16. The maximum Gasteiger partial charge on any atom is 0.202 e. The van der Waals surface area contributed by atoms with Crippen LogP contribution >= 0.6 is 27.5 Å². The Morgan fingerprint density at radius 1 is 1.29 bits per heavy atom. The van der Waals surface area contributed by atoms with E-state index >= 15 is 0 Å². The number of hydrogen-bond donors (Lipinski definition) is 1. The number of nitrogens with zero attached hydrogens (tertiary/aromatic N) is 2. The number of nitrogens with one attached hydrogen (secondary N) is 1. The van der Waals surface area contributed by atoms with Gasteiger partial charge in [-0.05, 0) is 24.1 Å². The average Bonchev–Trinajstić information content (AvgIpc) is 2.77. The van der Waals surface area contributed by atoms with Crippen LogP contribution in [-0.2, 0) is 6.42 Å². The van der Waals surface area contributed by atoms with Crippen LogP contribution in [0.2, 0.25) is 0 Å². The van der Waals surface area contributed by atoms with Gasteiger partial charge in [0.2, 0.25) is 5.13 Å². The molecule has 1 N–H and O–H groups in total. The second-order valence-electron chi connectivity index (χ2n) is 3.75. The van der Waals surface area contributed by atoms with Crippen LogP contribution in [0.1, 0.15) is 24.7 Å². The average molecular weight is 312 g/mol. The molecule has 0 bridgehead atoms. The number of benzene rings is 1. The minimum absolute atomic E-state index is 0.789. The standard InChI is InChI=1S/C12H14BrN3S/c1-2-7-14-12-15-11(16-17-12)8-9-3-5-10(13)6-4-9/h3-6H,2,7-8H2,1H3,(H,14,15,16). The molecule has 0 aliphatic carbocycles. The highest BCUT2D eigenvalue weighted by atomic mass is 79.9. The van der Waals surface area contributed by atoms with Crippen molar-refractivity contribution in [1.82, 2.24) is 9.36 Å². The molecule has 0 aliphatic rings. The third kappa shape index (κ3) is 3.78. The van der Waals surface area contributed by atoms with Crippen molar-refractivity contribution in [3.8, 4) is 0 Å². The van der Waals surface area contributed by atoms with Gasteiger partial charge in [-0.1, -0.05) is 35.0 Å². The van der Waals surface area contributed by atoms with E-state index in [4.69, 9.17) is 0 Å². The molecule has 0 spiro atoms. The topological polar surface area (TPSA) is 37.8 Å². The van der Waals surface area contributed by atoms with Crippen molar-refractivity contribution in [1.29, 1.82) is 0 Å². The summed E-state index contributed by atoms with van der Waals surface area (Å²) >= 11 is 4.85. The van der Waals surface area contributed by atoms with E-state index in [9.17, 15) is 0 Å². The van der Waals surface area contributed by atoms with Gasteiger partial charge in [-0.3, -0.25) is 0 Å².